The van der Waals surface area contributed by atoms with Crippen LogP contribution < -0.4 is 15.4 Å². The van der Waals surface area contributed by atoms with Gasteiger partial charge >= 0.3 is 0 Å². The molecule has 5 heteroatoms. The first kappa shape index (κ1) is 18.6. The van der Waals surface area contributed by atoms with Gasteiger partial charge in [-0.25, -0.2) is 0 Å². The monoisotopic (exact) mass is 348 g/mol. The fraction of sp³-hybridized carbons (Fsp3) is 0.421. The van der Waals surface area contributed by atoms with Crippen LogP contribution in [0.1, 0.15) is 25.7 Å². The molecule has 0 spiro atoms. The van der Waals surface area contributed by atoms with E-state index in [1.165, 1.54) is 5.39 Å². The lowest BCUT2D eigenvalue weighted by Crippen LogP contribution is -2.45. The lowest BCUT2D eigenvalue weighted by molar-refractivity contribution is -0.122. The van der Waals surface area contributed by atoms with E-state index in [0.717, 1.165) is 43.5 Å². The van der Waals surface area contributed by atoms with Crippen LogP contribution in [0.5, 0.6) is 5.75 Å². The molecule has 4 nitrogen and oxygen atoms in total. The summed E-state index contributed by atoms with van der Waals surface area (Å²) < 4.78 is 5.87. The van der Waals surface area contributed by atoms with Crippen molar-refractivity contribution in [2.24, 2.45) is 0 Å². The first-order valence-corrected chi connectivity index (χ1v) is 8.43. The first-order chi connectivity index (χ1) is 11.3. The van der Waals surface area contributed by atoms with Crippen LogP contribution in [0, 0.1) is 0 Å². The van der Waals surface area contributed by atoms with Gasteiger partial charge in [0.2, 0.25) is 5.91 Å². The normalized spacial score (nSPS) is 17.1. The number of benzene rings is 2. The van der Waals surface area contributed by atoms with E-state index in [1.54, 1.807) is 0 Å². The second-order valence-corrected chi connectivity index (χ2v) is 6.04. The van der Waals surface area contributed by atoms with Crippen LogP contribution in [0.4, 0.5) is 0 Å². The van der Waals surface area contributed by atoms with Crippen molar-refractivity contribution < 1.29 is 9.53 Å². The summed E-state index contributed by atoms with van der Waals surface area (Å²) >= 11 is 0. The zero-order valence-electron chi connectivity index (χ0n) is 13.8. The average Bonchev–Trinajstić information content (AvgIpc) is 2.60. The van der Waals surface area contributed by atoms with Crippen molar-refractivity contribution >= 4 is 29.1 Å². The van der Waals surface area contributed by atoms with Crippen LogP contribution in [0.15, 0.2) is 42.5 Å². The van der Waals surface area contributed by atoms with E-state index in [4.69, 9.17) is 4.74 Å². The van der Waals surface area contributed by atoms with Crippen molar-refractivity contribution in [3.63, 3.8) is 0 Å². The van der Waals surface area contributed by atoms with Gasteiger partial charge < -0.3 is 15.4 Å². The Bertz CT molecular complexity index is 651. The number of ether oxygens (including phenoxy) is 1. The summed E-state index contributed by atoms with van der Waals surface area (Å²) in [6, 6.07) is 14.5. The number of piperidine rings is 1. The molecule has 1 heterocycles. The van der Waals surface area contributed by atoms with Gasteiger partial charge in [0.05, 0.1) is 6.61 Å². The quantitative estimate of drug-likeness (QED) is 0.788. The molecule has 0 saturated carbocycles. The third-order valence-corrected chi connectivity index (χ3v) is 4.22. The molecule has 1 atom stereocenters. The standard InChI is InChI=1S/C19H24N2O2.ClH/c22-19(21-16-8-4-12-20-14-16)11-5-13-23-18-10-3-7-15-6-1-2-9-17(15)18;/h1-3,6-7,9-10,16,20H,4-5,8,11-14H2,(H,21,22);1H. The lowest BCUT2D eigenvalue weighted by Gasteiger charge is -2.23. The largest absolute Gasteiger partial charge is 0.493 e. The molecule has 1 aliphatic rings. The second-order valence-electron chi connectivity index (χ2n) is 6.04. The highest BCUT2D eigenvalue weighted by Crippen LogP contribution is 2.25. The van der Waals surface area contributed by atoms with Gasteiger partial charge in [0.25, 0.3) is 0 Å². The summed E-state index contributed by atoms with van der Waals surface area (Å²) in [7, 11) is 0. The van der Waals surface area contributed by atoms with Gasteiger partial charge in [0.1, 0.15) is 5.75 Å². The number of amides is 1. The van der Waals surface area contributed by atoms with Crippen LogP contribution in [0.3, 0.4) is 0 Å². The fourth-order valence-corrected chi connectivity index (χ4v) is 3.01. The molecule has 130 valence electrons. The third-order valence-electron chi connectivity index (χ3n) is 4.22. The summed E-state index contributed by atoms with van der Waals surface area (Å²) in [5.74, 6) is 1.01. The van der Waals surface area contributed by atoms with Crippen LogP contribution in [-0.4, -0.2) is 31.6 Å². The Kier molecular flexibility index (Phi) is 7.35. The molecule has 3 rings (SSSR count). The summed E-state index contributed by atoms with van der Waals surface area (Å²) in [6.07, 6.45) is 3.46. The molecule has 0 aliphatic carbocycles. The van der Waals surface area contributed by atoms with Gasteiger partial charge in [-0.3, -0.25) is 4.79 Å². The first-order valence-electron chi connectivity index (χ1n) is 8.43. The molecule has 24 heavy (non-hydrogen) atoms. The van der Waals surface area contributed by atoms with Gasteiger partial charge in [-0.15, -0.1) is 12.4 Å². The number of hydrogen-bond acceptors (Lipinski definition) is 3. The van der Waals surface area contributed by atoms with Crippen LogP contribution in [0.25, 0.3) is 10.8 Å². The smallest absolute Gasteiger partial charge is 0.220 e. The number of hydrogen-bond donors (Lipinski definition) is 2. The predicted octanol–water partition coefficient (Wildman–Crippen LogP) is 3.29. The van der Waals surface area contributed by atoms with Crippen molar-refractivity contribution in [3.8, 4) is 5.75 Å². The highest BCUT2D eigenvalue weighted by molar-refractivity contribution is 5.88. The minimum atomic E-state index is 0. The molecule has 1 amide bonds. The SMILES string of the molecule is Cl.O=C(CCCOc1cccc2ccccc12)NC1CCCNC1. The highest BCUT2D eigenvalue weighted by Gasteiger charge is 2.14. The van der Waals surface area contributed by atoms with Gasteiger partial charge in [-0.05, 0) is 37.3 Å². The Morgan fingerprint density at radius 3 is 2.88 bits per heavy atom. The Balaban J connectivity index is 0.00000208. The Morgan fingerprint density at radius 2 is 2.04 bits per heavy atom. The Hall–Kier alpha value is -1.78. The summed E-state index contributed by atoms with van der Waals surface area (Å²) in [5, 5.41) is 8.69. The molecule has 0 bridgehead atoms. The van der Waals surface area contributed by atoms with Crippen LogP contribution in [-0.2, 0) is 4.79 Å². The van der Waals surface area contributed by atoms with E-state index >= 15 is 0 Å². The van der Waals surface area contributed by atoms with Crippen LogP contribution >= 0.6 is 12.4 Å². The molecule has 1 unspecified atom stereocenters. The number of fused-ring (bicyclic) bond motifs is 1. The van der Waals surface area contributed by atoms with E-state index < -0.39 is 0 Å². The van der Waals surface area contributed by atoms with E-state index in [0.29, 0.717) is 13.0 Å². The summed E-state index contributed by atoms with van der Waals surface area (Å²) in [5.41, 5.74) is 0. The zero-order valence-corrected chi connectivity index (χ0v) is 14.6. The average molecular weight is 349 g/mol. The van der Waals surface area contributed by atoms with Crippen molar-refractivity contribution in [1.29, 1.82) is 0 Å². The molecule has 2 aromatic rings. The highest BCUT2D eigenvalue weighted by atomic mass is 35.5. The maximum absolute atomic E-state index is 11.9. The molecule has 1 aliphatic heterocycles. The summed E-state index contributed by atoms with van der Waals surface area (Å²) in [4.78, 5) is 11.9. The van der Waals surface area contributed by atoms with E-state index in [-0.39, 0.29) is 24.4 Å². The summed E-state index contributed by atoms with van der Waals surface area (Å²) in [6.45, 7) is 2.51. The van der Waals surface area contributed by atoms with Gasteiger partial charge in [0, 0.05) is 24.4 Å². The molecule has 2 aromatic carbocycles. The number of halogens is 1. The molecule has 1 fully saturated rings. The van der Waals surface area contributed by atoms with E-state index in [2.05, 4.69) is 28.8 Å². The van der Waals surface area contributed by atoms with Crippen molar-refractivity contribution in [1.82, 2.24) is 10.6 Å². The zero-order chi connectivity index (χ0) is 15.9. The van der Waals surface area contributed by atoms with Gasteiger partial charge in [-0.1, -0.05) is 36.4 Å². The maximum Gasteiger partial charge on any atom is 0.220 e. The lowest BCUT2D eigenvalue weighted by atomic mass is 10.1. The minimum absolute atomic E-state index is 0. The Morgan fingerprint density at radius 1 is 1.21 bits per heavy atom. The number of carbonyl (C=O) groups is 1. The van der Waals surface area contributed by atoms with Crippen molar-refractivity contribution in [2.75, 3.05) is 19.7 Å². The molecule has 0 radical (unpaired) electrons. The number of carbonyl (C=O) groups excluding carboxylic acids is 1. The predicted molar refractivity (Wildman–Crippen MR) is 100.0 cm³/mol. The van der Waals surface area contributed by atoms with E-state index in [1.807, 2.05) is 24.3 Å². The molecular weight excluding hydrogens is 324 g/mol. The van der Waals surface area contributed by atoms with E-state index in [9.17, 15) is 4.79 Å². The molecule has 0 aromatic heterocycles. The molecular formula is C19H25ClN2O2. The topological polar surface area (TPSA) is 50.4 Å². The second kappa shape index (κ2) is 9.50. The van der Waals surface area contributed by atoms with Gasteiger partial charge in [-0.2, -0.15) is 0 Å². The number of nitrogens with one attached hydrogen (secondary N) is 2. The van der Waals surface area contributed by atoms with Crippen molar-refractivity contribution in [2.45, 2.75) is 31.7 Å². The number of rotatable bonds is 6. The maximum atomic E-state index is 11.9. The fourth-order valence-electron chi connectivity index (χ4n) is 3.01. The van der Waals surface area contributed by atoms with Gasteiger partial charge in [0.15, 0.2) is 0 Å². The minimum Gasteiger partial charge on any atom is -0.493 e. The Labute approximate surface area is 149 Å². The third kappa shape index (κ3) is 5.11. The van der Waals surface area contributed by atoms with Crippen LogP contribution in [0.2, 0.25) is 0 Å². The molecule has 2 N–H and O–H groups in total. The molecule has 1 saturated heterocycles. The van der Waals surface area contributed by atoms with Crippen molar-refractivity contribution in [3.05, 3.63) is 42.5 Å².